The molecule has 6 heteroatoms. The first-order valence-corrected chi connectivity index (χ1v) is 5.19. The molecule has 0 atom stereocenters. The minimum atomic E-state index is -4.69. The highest BCUT2D eigenvalue weighted by atomic mass is 32.1. The van der Waals surface area contributed by atoms with E-state index in [4.69, 9.17) is 0 Å². The Balaban J connectivity index is 2.21. The molecule has 0 saturated carbocycles. The first kappa shape index (κ1) is 10.9. The topological polar surface area (TPSA) is 22.1 Å². The van der Waals surface area contributed by atoms with Gasteiger partial charge in [-0.25, -0.2) is 4.98 Å². The van der Waals surface area contributed by atoms with Crippen LogP contribution in [0.1, 0.15) is 0 Å². The van der Waals surface area contributed by atoms with Gasteiger partial charge in [-0.15, -0.1) is 13.2 Å². The number of benzene rings is 1. The van der Waals surface area contributed by atoms with Crippen molar-refractivity contribution in [2.75, 3.05) is 0 Å². The van der Waals surface area contributed by atoms with Crippen molar-refractivity contribution >= 4 is 11.3 Å². The quantitative estimate of drug-likeness (QED) is 0.804. The van der Waals surface area contributed by atoms with Gasteiger partial charge in [-0.05, 0) is 0 Å². The van der Waals surface area contributed by atoms with Crippen molar-refractivity contribution in [3.63, 3.8) is 0 Å². The molecule has 0 aliphatic rings. The van der Waals surface area contributed by atoms with Gasteiger partial charge in [0.25, 0.3) is 5.19 Å². The van der Waals surface area contributed by atoms with E-state index in [1.807, 2.05) is 6.07 Å². The number of nitrogens with zero attached hydrogens (tertiary/aromatic N) is 1. The molecular weight excluding hydrogens is 239 g/mol. The summed E-state index contributed by atoms with van der Waals surface area (Å²) >= 11 is 0.818. The Morgan fingerprint density at radius 1 is 1.12 bits per heavy atom. The van der Waals surface area contributed by atoms with Crippen molar-refractivity contribution in [1.82, 2.24) is 4.98 Å². The highest BCUT2D eigenvalue weighted by Crippen LogP contribution is 2.30. The van der Waals surface area contributed by atoms with Gasteiger partial charge >= 0.3 is 6.36 Å². The molecule has 0 aliphatic carbocycles. The summed E-state index contributed by atoms with van der Waals surface area (Å²) in [4.78, 5) is 3.74. The fourth-order valence-electron chi connectivity index (χ4n) is 1.14. The van der Waals surface area contributed by atoms with E-state index >= 15 is 0 Å². The number of rotatable bonds is 2. The van der Waals surface area contributed by atoms with Crippen LogP contribution < -0.4 is 4.74 Å². The van der Waals surface area contributed by atoms with Crippen LogP contribution in [0.5, 0.6) is 5.19 Å². The van der Waals surface area contributed by atoms with E-state index in [0.29, 0.717) is 5.69 Å². The Morgan fingerprint density at radius 2 is 1.81 bits per heavy atom. The SMILES string of the molecule is FC(F)(F)Oc1nc(-c2ccccc2)cs1. The summed E-state index contributed by atoms with van der Waals surface area (Å²) in [5.74, 6) is 0. The molecule has 2 nitrogen and oxygen atoms in total. The molecule has 2 rings (SSSR count). The molecule has 0 N–H and O–H groups in total. The zero-order valence-corrected chi connectivity index (χ0v) is 8.68. The lowest BCUT2D eigenvalue weighted by Gasteiger charge is -2.03. The fourth-order valence-corrected chi connectivity index (χ4v) is 1.84. The second-order valence-electron chi connectivity index (χ2n) is 2.91. The molecule has 1 aromatic carbocycles. The number of alkyl halides is 3. The lowest BCUT2D eigenvalue weighted by molar-refractivity contribution is -0.274. The third-order valence-electron chi connectivity index (χ3n) is 1.76. The molecule has 0 amide bonds. The van der Waals surface area contributed by atoms with Crippen molar-refractivity contribution in [2.45, 2.75) is 6.36 Å². The first-order valence-electron chi connectivity index (χ1n) is 4.31. The van der Waals surface area contributed by atoms with E-state index < -0.39 is 11.6 Å². The monoisotopic (exact) mass is 245 g/mol. The van der Waals surface area contributed by atoms with Crippen LogP contribution in [-0.2, 0) is 0 Å². The second kappa shape index (κ2) is 4.13. The van der Waals surface area contributed by atoms with Crippen LogP contribution in [0.25, 0.3) is 11.3 Å². The van der Waals surface area contributed by atoms with Crippen LogP contribution in [0, 0.1) is 0 Å². The predicted octanol–water partition coefficient (Wildman–Crippen LogP) is 3.71. The number of thiazole rings is 1. The van der Waals surface area contributed by atoms with Crippen LogP contribution in [0.3, 0.4) is 0 Å². The highest BCUT2D eigenvalue weighted by Gasteiger charge is 2.32. The molecule has 0 unspecified atom stereocenters. The molecule has 0 fully saturated rings. The zero-order chi connectivity index (χ0) is 11.6. The minimum Gasteiger partial charge on any atom is -0.378 e. The smallest absolute Gasteiger partial charge is 0.378 e. The van der Waals surface area contributed by atoms with E-state index in [2.05, 4.69) is 9.72 Å². The van der Waals surface area contributed by atoms with Crippen LogP contribution in [0.2, 0.25) is 0 Å². The standard InChI is InChI=1S/C10H6F3NOS/c11-10(12,13)15-9-14-8(6-16-9)7-4-2-1-3-5-7/h1-6H. The number of aromatic nitrogens is 1. The van der Waals surface area contributed by atoms with Crippen LogP contribution in [0.4, 0.5) is 13.2 Å². The molecule has 16 heavy (non-hydrogen) atoms. The number of halogens is 3. The van der Waals surface area contributed by atoms with Crippen molar-refractivity contribution in [3.05, 3.63) is 35.7 Å². The average molecular weight is 245 g/mol. The fraction of sp³-hybridized carbons (Fsp3) is 0.100. The molecule has 0 bridgehead atoms. The molecule has 1 heterocycles. The lowest BCUT2D eigenvalue weighted by atomic mass is 10.2. The van der Waals surface area contributed by atoms with Gasteiger partial charge in [-0.1, -0.05) is 41.7 Å². The highest BCUT2D eigenvalue weighted by molar-refractivity contribution is 7.11. The maximum Gasteiger partial charge on any atom is 0.574 e. The molecule has 0 saturated heterocycles. The summed E-state index contributed by atoms with van der Waals surface area (Å²) in [6.45, 7) is 0. The number of hydrogen-bond acceptors (Lipinski definition) is 3. The van der Waals surface area contributed by atoms with E-state index in [1.165, 1.54) is 5.38 Å². The van der Waals surface area contributed by atoms with Gasteiger partial charge in [0.05, 0.1) is 5.69 Å². The molecule has 2 aromatic rings. The molecule has 0 aliphatic heterocycles. The molecule has 0 spiro atoms. The maximum atomic E-state index is 11.9. The van der Waals surface area contributed by atoms with Crippen molar-refractivity contribution in [1.29, 1.82) is 0 Å². The average Bonchev–Trinajstić information content (AvgIpc) is 2.65. The summed E-state index contributed by atoms with van der Waals surface area (Å²) in [6, 6.07) is 8.94. The van der Waals surface area contributed by atoms with Crippen LogP contribution >= 0.6 is 11.3 Å². The molecule has 0 radical (unpaired) electrons. The zero-order valence-electron chi connectivity index (χ0n) is 7.86. The molecule has 84 valence electrons. The van der Waals surface area contributed by atoms with E-state index in [-0.39, 0.29) is 0 Å². The van der Waals surface area contributed by atoms with Gasteiger partial charge in [-0.2, -0.15) is 0 Å². The van der Waals surface area contributed by atoms with E-state index in [1.54, 1.807) is 24.3 Å². The lowest BCUT2D eigenvalue weighted by Crippen LogP contribution is -2.16. The Labute approximate surface area is 93.3 Å². The van der Waals surface area contributed by atoms with Gasteiger partial charge in [0, 0.05) is 10.9 Å². The second-order valence-corrected chi connectivity index (χ2v) is 3.73. The number of hydrogen-bond donors (Lipinski definition) is 0. The summed E-state index contributed by atoms with van der Waals surface area (Å²) < 4.78 is 39.4. The van der Waals surface area contributed by atoms with Gasteiger partial charge < -0.3 is 4.74 Å². The van der Waals surface area contributed by atoms with E-state index in [9.17, 15) is 13.2 Å². The normalized spacial score (nSPS) is 11.4. The Morgan fingerprint density at radius 3 is 2.44 bits per heavy atom. The van der Waals surface area contributed by atoms with E-state index in [0.717, 1.165) is 16.9 Å². The Bertz CT molecular complexity index is 466. The van der Waals surface area contributed by atoms with Crippen molar-refractivity contribution < 1.29 is 17.9 Å². The Hall–Kier alpha value is -1.56. The Kier molecular flexibility index (Phi) is 2.82. The largest absolute Gasteiger partial charge is 0.574 e. The van der Waals surface area contributed by atoms with Crippen molar-refractivity contribution in [3.8, 4) is 16.5 Å². The third-order valence-corrected chi connectivity index (χ3v) is 2.47. The van der Waals surface area contributed by atoms with Gasteiger partial charge in [-0.3, -0.25) is 0 Å². The summed E-state index contributed by atoms with van der Waals surface area (Å²) in [7, 11) is 0. The van der Waals surface area contributed by atoms with Gasteiger partial charge in [0.15, 0.2) is 0 Å². The van der Waals surface area contributed by atoms with Gasteiger partial charge in [0.1, 0.15) is 0 Å². The molecule has 1 aromatic heterocycles. The maximum absolute atomic E-state index is 11.9. The third kappa shape index (κ3) is 2.73. The van der Waals surface area contributed by atoms with Crippen molar-refractivity contribution in [2.24, 2.45) is 0 Å². The minimum absolute atomic E-state index is 0.397. The summed E-state index contributed by atoms with van der Waals surface area (Å²) in [5, 5.41) is 1.13. The summed E-state index contributed by atoms with van der Waals surface area (Å²) in [5.41, 5.74) is 1.24. The molecular formula is C10H6F3NOS. The number of ether oxygens (including phenoxy) is 1. The van der Waals surface area contributed by atoms with Crippen LogP contribution in [-0.4, -0.2) is 11.3 Å². The summed E-state index contributed by atoms with van der Waals surface area (Å²) in [6.07, 6.45) is -4.69. The first-order chi connectivity index (χ1) is 7.54. The predicted molar refractivity (Wildman–Crippen MR) is 54.2 cm³/mol. The van der Waals surface area contributed by atoms with Gasteiger partial charge in [0.2, 0.25) is 0 Å². The van der Waals surface area contributed by atoms with Crippen LogP contribution in [0.15, 0.2) is 35.7 Å².